The minimum atomic E-state index is -0.665. The van der Waals surface area contributed by atoms with E-state index in [0.717, 1.165) is 11.6 Å². The topological polar surface area (TPSA) is 47.4 Å². The van der Waals surface area contributed by atoms with Crippen molar-refractivity contribution < 1.29 is 22.7 Å². The summed E-state index contributed by atoms with van der Waals surface area (Å²) in [5.74, 6) is -1.27. The zero-order valence-electron chi connectivity index (χ0n) is 16.7. The molecule has 0 atom stereocenters. The van der Waals surface area contributed by atoms with Gasteiger partial charge in [-0.05, 0) is 36.8 Å². The maximum absolute atomic E-state index is 13.7. The number of carbonyl (C=O) groups excluding carboxylic acids is 1. The van der Waals surface area contributed by atoms with Crippen molar-refractivity contribution in [1.29, 1.82) is 0 Å². The SMILES string of the molecule is Cn1nc2c(c1-c1cc(F)cc(F)c1)CCN(C(=O)c1cc(OCCF)ccc1Cl)C2. The molecule has 1 aromatic heterocycles. The second-order valence-corrected chi connectivity index (χ2v) is 7.62. The van der Waals surface area contributed by atoms with Crippen LogP contribution in [-0.4, -0.2) is 40.4 Å². The average molecular weight is 450 g/mol. The van der Waals surface area contributed by atoms with E-state index in [1.807, 2.05) is 0 Å². The minimum absolute atomic E-state index is 0.111. The Balaban J connectivity index is 1.61. The molecule has 1 amide bonds. The van der Waals surface area contributed by atoms with Crippen LogP contribution in [0.4, 0.5) is 13.2 Å². The van der Waals surface area contributed by atoms with E-state index >= 15 is 0 Å². The molecule has 3 aromatic rings. The summed E-state index contributed by atoms with van der Waals surface area (Å²) in [4.78, 5) is 14.7. The molecule has 1 aliphatic heterocycles. The molecule has 31 heavy (non-hydrogen) atoms. The van der Waals surface area contributed by atoms with E-state index < -0.39 is 18.3 Å². The van der Waals surface area contributed by atoms with Gasteiger partial charge in [0.15, 0.2) is 0 Å². The fraction of sp³-hybridized carbons (Fsp3) is 0.273. The highest BCUT2D eigenvalue weighted by molar-refractivity contribution is 6.33. The van der Waals surface area contributed by atoms with Crippen molar-refractivity contribution in [3.05, 3.63) is 69.9 Å². The van der Waals surface area contributed by atoms with Gasteiger partial charge in [-0.15, -0.1) is 0 Å². The van der Waals surface area contributed by atoms with E-state index in [9.17, 15) is 18.0 Å². The summed E-state index contributed by atoms with van der Waals surface area (Å²) in [5, 5.41) is 4.74. The van der Waals surface area contributed by atoms with Gasteiger partial charge in [0.05, 0.1) is 28.5 Å². The van der Waals surface area contributed by atoms with Gasteiger partial charge in [-0.3, -0.25) is 9.48 Å². The Morgan fingerprint density at radius 2 is 1.94 bits per heavy atom. The largest absolute Gasteiger partial charge is 0.491 e. The molecule has 5 nitrogen and oxygen atoms in total. The smallest absolute Gasteiger partial charge is 0.255 e. The highest BCUT2D eigenvalue weighted by Crippen LogP contribution is 2.32. The minimum Gasteiger partial charge on any atom is -0.491 e. The van der Waals surface area contributed by atoms with Gasteiger partial charge in [0.2, 0.25) is 0 Å². The van der Waals surface area contributed by atoms with Crippen LogP contribution in [0.15, 0.2) is 36.4 Å². The Hall–Kier alpha value is -3.00. The standard InChI is InChI=1S/C22H19ClF3N3O2/c1-28-21(13-8-14(25)10-15(26)9-13)17-4-6-29(12-20(17)27-28)22(30)18-11-16(31-7-5-24)2-3-19(18)23/h2-3,8-11H,4-7,12H2,1H3. The third-order valence-electron chi connectivity index (χ3n) is 5.14. The molecule has 0 bridgehead atoms. The Kier molecular flexibility index (Phi) is 5.91. The fourth-order valence-corrected chi connectivity index (χ4v) is 4.03. The predicted molar refractivity (Wildman–Crippen MR) is 110 cm³/mol. The number of alkyl halides is 1. The number of nitrogens with zero attached hydrogens (tertiary/aromatic N) is 3. The summed E-state index contributed by atoms with van der Waals surface area (Å²) in [6, 6.07) is 7.96. The van der Waals surface area contributed by atoms with Gasteiger partial charge in [0.25, 0.3) is 5.91 Å². The van der Waals surface area contributed by atoms with E-state index in [1.54, 1.807) is 22.7 Å². The van der Waals surface area contributed by atoms with E-state index in [1.165, 1.54) is 24.3 Å². The summed E-state index contributed by atoms with van der Waals surface area (Å²) in [5.41, 5.74) is 2.78. The molecule has 4 rings (SSSR count). The van der Waals surface area contributed by atoms with E-state index in [-0.39, 0.29) is 29.6 Å². The summed E-state index contributed by atoms with van der Waals surface area (Å²) < 4.78 is 46.6. The molecule has 0 saturated carbocycles. The van der Waals surface area contributed by atoms with Gasteiger partial charge in [-0.1, -0.05) is 11.6 Å². The first-order chi connectivity index (χ1) is 14.9. The molecule has 0 fully saturated rings. The number of benzene rings is 2. The van der Waals surface area contributed by atoms with Crippen LogP contribution in [0.2, 0.25) is 5.02 Å². The zero-order valence-corrected chi connectivity index (χ0v) is 17.4. The molecule has 0 saturated heterocycles. The number of aromatic nitrogens is 2. The molecular weight excluding hydrogens is 431 g/mol. The Morgan fingerprint density at radius 3 is 2.65 bits per heavy atom. The first kappa shape index (κ1) is 21.2. The molecule has 1 aliphatic rings. The Morgan fingerprint density at radius 1 is 1.19 bits per heavy atom. The Labute approximate surface area is 182 Å². The first-order valence-corrected chi connectivity index (χ1v) is 10.0. The molecule has 162 valence electrons. The summed E-state index contributed by atoms with van der Waals surface area (Å²) in [7, 11) is 1.70. The molecule has 0 radical (unpaired) electrons. The van der Waals surface area contributed by atoms with Gasteiger partial charge in [0.1, 0.15) is 30.7 Å². The number of hydrogen-bond donors (Lipinski definition) is 0. The van der Waals surface area contributed by atoms with E-state index in [0.29, 0.717) is 35.7 Å². The summed E-state index contributed by atoms with van der Waals surface area (Å²) in [6.45, 7) is -0.141. The highest BCUT2D eigenvalue weighted by Gasteiger charge is 2.29. The maximum Gasteiger partial charge on any atom is 0.255 e. The summed E-state index contributed by atoms with van der Waals surface area (Å²) >= 11 is 6.22. The molecule has 2 aromatic carbocycles. The van der Waals surface area contributed by atoms with Crippen LogP contribution in [0.3, 0.4) is 0 Å². The fourth-order valence-electron chi connectivity index (χ4n) is 3.83. The second kappa shape index (κ2) is 8.63. The molecule has 2 heterocycles. The number of rotatable bonds is 5. The van der Waals surface area contributed by atoms with Gasteiger partial charge in [-0.25, -0.2) is 13.2 Å². The Bertz CT molecular complexity index is 1130. The molecular formula is C22H19ClF3N3O2. The number of carbonyl (C=O) groups is 1. The van der Waals surface area contributed by atoms with Crippen molar-refractivity contribution in [3.8, 4) is 17.0 Å². The van der Waals surface area contributed by atoms with Crippen LogP contribution in [0.25, 0.3) is 11.3 Å². The molecule has 0 spiro atoms. The van der Waals surface area contributed by atoms with Gasteiger partial charge >= 0.3 is 0 Å². The number of fused-ring (bicyclic) bond motifs is 1. The van der Waals surface area contributed by atoms with E-state index in [4.69, 9.17) is 16.3 Å². The van der Waals surface area contributed by atoms with Crippen LogP contribution in [-0.2, 0) is 20.0 Å². The van der Waals surface area contributed by atoms with Gasteiger partial charge < -0.3 is 9.64 Å². The van der Waals surface area contributed by atoms with Crippen LogP contribution >= 0.6 is 11.6 Å². The highest BCUT2D eigenvalue weighted by atomic mass is 35.5. The lowest BCUT2D eigenvalue weighted by molar-refractivity contribution is 0.0732. The normalized spacial score (nSPS) is 13.3. The van der Waals surface area contributed by atoms with Crippen molar-refractivity contribution in [1.82, 2.24) is 14.7 Å². The van der Waals surface area contributed by atoms with Crippen molar-refractivity contribution in [2.75, 3.05) is 19.8 Å². The first-order valence-electron chi connectivity index (χ1n) is 9.66. The number of hydrogen-bond acceptors (Lipinski definition) is 3. The molecule has 0 N–H and O–H groups in total. The van der Waals surface area contributed by atoms with Crippen LogP contribution < -0.4 is 4.74 Å². The number of amides is 1. The quantitative estimate of drug-likeness (QED) is 0.573. The number of aryl methyl sites for hydroxylation is 1. The van der Waals surface area contributed by atoms with Crippen molar-refractivity contribution >= 4 is 17.5 Å². The van der Waals surface area contributed by atoms with Crippen LogP contribution in [0, 0.1) is 11.6 Å². The second-order valence-electron chi connectivity index (χ2n) is 7.21. The van der Waals surface area contributed by atoms with E-state index in [2.05, 4.69) is 5.10 Å². The van der Waals surface area contributed by atoms with Crippen LogP contribution in [0.1, 0.15) is 21.6 Å². The summed E-state index contributed by atoms with van der Waals surface area (Å²) in [6.07, 6.45) is 0.470. The zero-order chi connectivity index (χ0) is 22.1. The average Bonchev–Trinajstić information content (AvgIpc) is 3.06. The van der Waals surface area contributed by atoms with Crippen molar-refractivity contribution in [2.45, 2.75) is 13.0 Å². The molecule has 9 heteroatoms. The lowest BCUT2D eigenvalue weighted by atomic mass is 9.99. The van der Waals surface area contributed by atoms with Crippen molar-refractivity contribution in [2.24, 2.45) is 7.05 Å². The van der Waals surface area contributed by atoms with Crippen molar-refractivity contribution in [3.63, 3.8) is 0 Å². The number of ether oxygens (including phenoxy) is 1. The predicted octanol–water partition coefficient (Wildman–Crippen LogP) is 4.57. The molecule has 0 unspecified atom stereocenters. The maximum atomic E-state index is 13.7. The monoisotopic (exact) mass is 449 g/mol. The third kappa shape index (κ3) is 4.25. The van der Waals surface area contributed by atoms with Crippen LogP contribution in [0.5, 0.6) is 5.75 Å². The lowest BCUT2D eigenvalue weighted by Crippen LogP contribution is -2.36. The number of halogens is 4. The molecule has 0 aliphatic carbocycles. The van der Waals surface area contributed by atoms with Gasteiger partial charge in [-0.2, -0.15) is 5.10 Å². The lowest BCUT2D eigenvalue weighted by Gasteiger charge is -2.27. The third-order valence-corrected chi connectivity index (χ3v) is 5.47. The van der Waals surface area contributed by atoms with Gasteiger partial charge in [0, 0.05) is 30.8 Å².